The standard InChI is InChI=1S/C23H30N4O3/c28-21-17-24-27(20-8-4-3-7-19(20)21)16-11-22(29)25-14-9-18(10-15-25)23(30)26-12-5-1-2-6-13-26/h3-4,7-8,17-18H,1-2,5-6,9-16H2. The Hall–Kier alpha value is -2.70. The van der Waals surface area contributed by atoms with Gasteiger partial charge >= 0.3 is 0 Å². The summed E-state index contributed by atoms with van der Waals surface area (Å²) in [6.45, 7) is 3.49. The van der Waals surface area contributed by atoms with E-state index in [1.165, 1.54) is 19.0 Å². The molecule has 0 unspecified atom stereocenters. The molecule has 4 rings (SSSR count). The number of amides is 2. The van der Waals surface area contributed by atoms with E-state index in [-0.39, 0.29) is 23.2 Å². The molecular formula is C23H30N4O3. The topological polar surface area (TPSA) is 75.5 Å². The zero-order chi connectivity index (χ0) is 20.9. The number of benzene rings is 1. The predicted molar refractivity (Wildman–Crippen MR) is 115 cm³/mol. The molecule has 0 N–H and O–H groups in total. The average Bonchev–Trinajstić information content (AvgIpc) is 3.08. The molecule has 2 aromatic rings. The zero-order valence-electron chi connectivity index (χ0n) is 17.5. The minimum atomic E-state index is -0.107. The molecule has 160 valence electrons. The molecule has 2 fully saturated rings. The summed E-state index contributed by atoms with van der Waals surface area (Å²) in [5, 5.41) is 4.82. The van der Waals surface area contributed by atoms with Gasteiger partial charge in [0, 0.05) is 43.9 Å². The van der Waals surface area contributed by atoms with Crippen molar-refractivity contribution in [1.29, 1.82) is 0 Å². The lowest BCUT2D eigenvalue weighted by Crippen LogP contribution is -2.44. The van der Waals surface area contributed by atoms with Gasteiger partial charge in [-0.25, -0.2) is 0 Å². The average molecular weight is 411 g/mol. The van der Waals surface area contributed by atoms with Crippen LogP contribution in [-0.2, 0) is 16.1 Å². The van der Waals surface area contributed by atoms with Crippen LogP contribution < -0.4 is 5.43 Å². The van der Waals surface area contributed by atoms with Crippen LogP contribution in [0.3, 0.4) is 0 Å². The van der Waals surface area contributed by atoms with Gasteiger partial charge in [0.1, 0.15) is 0 Å². The van der Waals surface area contributed by atoms with Gasteiger partial charge in [0.15, 0.2) is 0 Å². The number of hydrogen-bond donors (Lipinski definition) is 0. The molecule has 0 spiro atoms. The van der Waals surface area contributed by atoms with Crippen LogP contribution in [0.4, 0.5) is 0 Å². The quantitative estimate of drug-likeness (QED) is 0.776. The monoisotopic (exact) mass is 410 g/mol. The van der Waals surface area contributed by atoms with Crippen molar-refractivity contribution < 1.29 is 9.59 Å². The maximum Gasteiger partial charge on any atom is 0.225 e. The molecule has 7 heteroatoms. The summed E-state index contributed by atoms with van der Waals surface area (Å²) in [5.41, 5.74) is 0.642. The molecule has 2 saturated heterocycles. The third-order valence-electron chi connectivity index (χ3n) is 6.41. The van der Waals surface area contributed by atoms with Crippen LogP contribution in [-0.4, -0.2) is 57.6 Å². The normalized spacial score (nSPS) is 18.4. The highest BCUT2D eigenvalue weighted by atomic mass is 16.2. The fourth-order valence-electron chi connectivity index (χ4n) is 4.62. The van der Waals surface area contributed by atoms with E-state index in [1.54, 1.807) is 10.7 Å². The first-order chi connectivity index (χ1) is 14.6. The minimum Gasteiger partial charge on any atom is -0.343 e. The number of likely N-dealkylation sites (tertiary alicyclic amines) is 2. The molecule has 0 aliphatic carbocycles. The van der Waals surface area contributed by atoms with Gasteiger partial charge in [-0.1, -0.05) is 25.0 Å². The SMILES string of the molecule is O=C(CCn1ncc(=O)c2ccccc21)N1CCC(C(=O)N2CCCCCC2)CC1. The first-order valence-electron chi connectivity index (χ1n) is 11.1. The largest absolute Gasteiger partial charge is 0.343 e. The molecule has 7 nitrogen and oxygen atoms in total. The van der Waals surface area contributed by atoms with Crippen LogP contribution in [0.25, 0.3) is 10.9 Å². The minimum absolute atomic E-state index is 0.0525. The fraction of sp³-hybridized carbons (Fsp3) is 0.565. The van der Waals surface area contributed by atoms with Crippen molar-refractivity contribution in [2.24, 2.45) is 5.92 Å². The van der Waals surface area contributed by atoms with Gasteiger partial charge in [0.05, 0.1) is 18.3 Å². The number of para-hydroxylation sites is 1. The van der Waals surface area contributed by atoms with Gasteiger partial charge < -0.3 is 9.80 Å². The van der Waals surface area contributed by atoms with Crippen LogP contribution in [0.1, 0.15) is 44.9 Å². The lowest BCUT2D eigenvalue weighted by Gasteiger charge is -2.34. The number of piperidine rings is 1. The van der Waals surface area contributed by atoms with Crippen molar-refractivity contribution in [2.75, 3.05) is 26.2 Å². The van der Waals surface area contributed by atoms with E-state index in [0.717, 1.165) is 44.3 Å². The van der Waals surface area contributed by atoms with Gasteiger partial charge in [-0.05, 0) is 37.8 Å². The number of rotatable bonds is 4. The van der Waals surface area contributed by atoms with Crippen molar-refractivity contribution in [3.05, 3.63) is 40.7 Å². The Morgan fingerprint density at radius 2 is 1.63 bits per heavy atom. The van der Waals surface area contributed by atoms with E-state index < -0.39 is 0 Å². The van der Waals surface area contributed by atoms with Gasteiger partial charge in [0.25, 0.3) is 0 Å². The third kappa shape index (κ3) is 4.55. The van der Waals surface area contributed by atoms with Gasteiger partial charge in [-0.15, -0.1) is 0 Å². The van der Waals surface area contributed by atoms with Crippen molar-refractivity contribution >= 4 is 22.7 Å². The molecule has 1 aromatic heterocycles. The van der Waals surface area contributed by atoms with E-state index >= 15 is 0 Å². The highest BCUT2D eigenvalue weighted by Gasteiger charge is 2.30. The second kappa shape index (κ2) is 9.41. The molecule has 0 atom stereocenters. The molecule has 1 aromatic carbocycles. The summed E-state index contributed by atoms with van der Waals surface area (Å²) in [7, 11) is 0. The van der Waals surface area contributed by atoms with Crippen molar-refractivity contribution in [1.82, 2.24) is 19.6 Å². The van der Waals surface area contributed by atoms with Gasteiger partial charge in [-0.2, -0.15) is 5.10 Å². The molecule has 2 aliphatic rings. The smallest absolute Gasteiger partial charge is 0.225 e. The number of hydrogen-bond acceptors (Lipinski definition) is 4. The highest BCUT2D eigenvalue weighted by Crippen LogP contribution is 2.22. The highest BCUT2D eigenvalue weighted by molar-refractivity contribution is 5.81. The van der Waals surface area contributed by atoms with E-state index in [1.807, 2.05) is 28.0 Å². The van der Waals surface area contributed by atoms with Crippen LogP contribution in [0.5, 0.6) is 0 Å². The molecule has 0 saturated carbocycles. The fourth-order valence-corrected chi connectivity index (χ4v) is 4.62. The summed E-state index contributed by atoms with van der Waals surface area (Å²) >= 11 is 0. The third-order valence-corrected chi connectivity index (χ3v) is 6.41. The number of carbonyl (C=O) groups excluding carboxylic acids is 2. The van der Waals surface area contributed by atoms with E-state index in [0.29, 0.717) is 31.4 Å². The van der Waals surface area contributed by atoms with Crippen molar-refractivity contribution in [2.45, 2.75) is 51.5 Å². The van der Waals surface area contributed by atoms with Crippen LogP contribution in [0, 0.1) is 5.92 Å². The molecule has 2 aliphatic heterocycles. The van der Waals surface area contributed by atoms with E-state index in [9.17, 15) is 14.4 Å². The Bertz CT molecular complexity index is 954. The number of aromatic nitrogens is 2. The molecule has 0 bridgehead atoms. The molecule has 0 radical (unpaired) electrons. The predicted octanol–water partition coefficient (Wildman–Crippen LogP) is 2.43. The molecule has 2 amide bonds. The van der Waals surface area contributed by atoms with E-state index in [4.69, 9.17) is 0 Å². The Labute approximate surface area is 176 Å². The van der Waals surface area contributed by atoms with Crippen LogP contribution in [0.15, 0.2) is 35.3 Å². The number of carbonyl (C=O) groups is 2. The summed E-state index contributed by atoms with van der Waals surface area (Å²) < 4.78 is 1.73. The first-order valence-corrected chi connectivity index (χ1v) is 11.1. The van der Waals surface area contributed by atoms with Crippen molar-refractivity contribution in [3.8, 4) is 0 Å². The summed E-state index contributed by atoms with van der Waals surface area (Å²) in [6, 6.07) is 7.34. The van der Waals surface area contributed by atoms with Gasteiger partial charge in [-0.3, -0.25) is 19.1 Å². The summed E-state index contributed by atoms with van der Waals surface area (Å²) in [6.07, 6.45) is 7.80. The second-order valence-electron chi connectivity index (χ2n) is 8.39. The summed E-state index contributed by atoms with van der Waals surface area (Å²) in [4.78, 5) is 41.4. The lowest BCUT2D eigenvalue weighted by molar-refractivity contribution is -0.140. The number of aryl methyl sites for hydroxylation is 1. The molecule has 30 heavy (non-hydrogen) atoms. The Morgan fingerprint density at radius 1 is 0.933 bits per heavy atom. The van der Waals surface area contributed by atoms with E-state index in [2.05, 4.69) is 5.10 Å². The Balaban J connectivity index is 1.30. The summed E-state index contributed by atoms with van der Waals surface area (Å²) in [5.74, 6) is 0.421. The lowest BCUT2D eigenvalue weighted by atomic mass is 9.95. The van der Waals surface area contributed by atoms with Crippen molar-refractivity contribution in [3.63, 3.8) is 0 Å². The van der Waals surface area contributed by atoms with Crippen LogP contribution >= 0.6 is 0 Å². The maximum absolute atomic E-state index is 12.8. The Morgan fingerprint density at radius 3 is 2.37 bits per heavy atom. The number of fused-ring (bicyclic) bond motifs is 1. The second-order valence-corrected chi connectivity index (χ2v) is 8.39. The molecule has 3 heterocycles. The van der Waals surface area contributed by atoms with Gasteiger partial charge in [0.2, 0.25) is 17.2 Å². The molecular weight excluding hydrogens is 380 g/mol. The zero-order valence-corrected chi connectivity index (χ0v) is 17.5. The maximum atomic E-state index is 12.8. The van der Waals surface area contributed by atoms with Crippen LogP contribution in [0.2, 0.25) is 0 Å². The number of nitrogens with zero attached hydrogens (tertiary/aromatic N) is 4. The first kappa shape index (κ1) is 20.6. The Kier molecular flexibility index (Phi) is 6.45.